The molecule has 0 bridgehead atoms. The van der Waals surface area contributed by atoms with Crippen molar-refractivity contribution in [3.63, 3.8) is 0 Å². The third-order valence-electron chi connectivity index (χ3n) is 9.73. The highest BCUT2D eigenvalue weighted by atomic mass is 16.5. The van der Waals surface area contributed by atoms with Crippen molar-refractivity contribution in [3.05, 3.63) is 12.7 Å². The van der Waals surface area contributed by atoms with Gasteiger partial charge in [-0.05, 0) is 38.6 Å². The predicted molar refractivity (Wildman–Crippen MR) is 199 cm³/mol. The molecule has 0 fully saturated rings. The lowest BCUT2D eigenvalue weighted by Crippen LogP contribution is -2.35. The molecule has 1 rings (SSSR count). The lowest BCUT2D eigenvalue weighted by Gasteiger charge is -2.25. The standard InChI is InChI=1S/C40H78N4O3/c1-4-7-10-13-15-16-17-18-20-25-30-39(45)35-43(32-33-44-37-41-36-42-44)31-26-21-22-27-34-47-40(46)38(28-23-12-9-6-3)29-24-19-14-11-8-5-2/h36-39,45H,4-35H2,1-3H3. The van der Waals surface area contributed by atoms with E-state index in [-0.39, 0.29) is 18.0 Å². The summed E-state index contributed by atoms with van der Waals surface area (Å²) in [5.41, 5.74) is 0. The van der Waals surface area contributed by atoms with Gasteiger partial charge in [0.05, 0.1) is 25.2 Å². The fourth-order valence-corrected chi connectivity index (χ4v) is 6.59. The molecule has 1 heterocycles. The zero-order valence-electron chi connectivity index (χ0n) is 31.5. The van der Waals surface area contributed by atoms with Gasteiger partial charge in [-0.1, -0.05) is 162 Å². The second-order valence-corrected chi connectivity index (χ2v) is 14.3. The minimum Gasteiger partial charge on any atom is -0.465 e. The molecule has 276 valence electrons. The van der Waals surface area contributed by atoms with E-state index in [9.17, 15) is 9.90 Å². The summed E-state index contributed by atoms with van der Waals surface area (Å²) in [6.45, 7) is 10.7. The largest absolute Gasteiger partial charge is 0.465 e. The van der Waals surface area contributed by atoms with Crippen molar-refractivity contribution >= 4 is 5.97 Å². The molecule has 7 heteroatoms. The van der Waals surface area contributed by atoms with E-state index in [1.165, 1.54) is 109 Å². The van der Waals surface area contributed by atoms with E-state index < -0.39 is 0 Å². The molecule has 0 aromatic carbocycles. The number of aromatic nitrogens is 3. The molecule has 7 nitrogen and oxygen atoms in total. The van der Waals surface area contributed by atoms with Gasteiger partial charge in [-0.25, -0.2) is 4.98 Å². The maximum atomic E-state index is 12.9. The van der Waals surface area contributed by atoms with Gasteiger partial charge in [0.15, 0.2) is 0 Å². The number of carbonyl (C=O) groups is 1. The van der Waals surface area contributed by atoms with Crippen LogP contribution in [0.3, 0.4) is 0 Å². The van der Waals surface area contributed by atoms with Crippen LogP contribution in [-0.2, 0) is 16.1 Å². The molecular formula is C40H78N4O3. The predicted octanol–water partition coefficient (Wildman–Crippen LogP) is 10.7. The van der Waals surface area contributed by atoms with Crippen LogP contribution in [0.5, 0.6) is 0 Å². The van der Waals surface area contributed by atoms with E-state index >= 15 is 0 Å². The van der Waals surface area contributed by atoms with Crippen LogP contribution in [0, 0.1) is 5.92 Å². The van der Waals surface area contributed by atoms with E-state index in [0.29, 0.717) is 6.61 Å². The van der Waals surface area contributed by atoms with Crippen molar-refractivity contribution in [1.82, 2.24) is 19.7 Å². The summed E-state index contributed by atoms with van der Waals surface area (Å²) in [5, 5.41) is 15.1. The summed E-state index contributed by atoms with van der Waals surface area (Å²) in [5.74, 6) is 0.133. The Bertz CT molecular complexity index is 776. The number of unbranched alkanes of at least 4 members (excludes halogenated alkanes) is 20. The number of rotatable bonds is 36. The lowest BCUT2D eigenvalue weighted by molar-refractivity contribution is -0.149. The molecule has 47 heavy (non-hydrogen) atoms. The Morgan fingerprint density at radius 2 is 1.15 bits per heavy atom. The highest BCUT2D eigenvalue weighted by Crippen LogP contribution is 2.21. The number of carbonyl (C=O) groups excluding carboxylic acids is 1. The fraction of sp³-hybridized carbons (Fsp3) is 0.925. The van der Waals surface area contributed by atoms with Crippen LogP contribution in [0.25, 0.3) is 0 Å². The van der Waals surface area contributed by atoms with Gasteiger partial charge in [0.25, 0.3) is 0 Å². The zero-order chi connectivity index (χ0) is 34.0. The molecule has 1 N–H and O–H groups in total. The number of hydrogen-bond donors (Lipinski definition) is 1. The number of nitrogens with zero attached hydrogens (tertiary/aromatic N) is 4. The summed E-state index contributed by atoms with van der Waals surface area (Å²) in [6.07, 6.45) is 35.8. The van der Waals surface area contributed by atoms with E-state index in [4.69, 9.17) is 4.74 Å². The number of hydrogen-bond acceptors (Lipinski definition) is 6. The Hall–Kier alpha value is -1.47. The van der Waals surface area contributed by atoms with Crippen LogP contribution in [0.15, 0.2) is 12.7 Å². The summed E-state index contributed by atoms with van der Waals surface area (Å²) in [7, 11) is 0. The van der Waals surface area contributed by atoms with Gasteiger partial charge in [-0.3, -0.25) is 14.4 Å². The average Bonchev–Trinajstić information content (AvgIpc) is 3.60. The molecule has 0 aliphatic heterocycles. The molecule has 0 saturated heterocycles. The van der Waals surface area contributed by atoms with Crippen molar-refractivity contribution in [1.29, 1.82) is 0 Å². The summed E-state index contributed by atoms with van der Waals surface area (Å²) >= 11 is 0. The van der Waals surface area contributed by atoms with Gasteiger partial charge >= 0.3 is 5.97 Å². The second-order valence-electron chi connectivity index (χ2n) is 14.3. The quantitative estimate of drug-likeness (QED) is 0.0569. The number of aliphatic hydroxyl groups is 1. The van der Waals surface area contributed by atoms with Gasteiger partial charge in [-0.15, -0.1) is 0 Å². The number of ether oxygens (including phenoxy) is 1. The van der Waals surface area contributed by atoms with Crippen LogP contribution in [0.1, 0.15) is 194 Å². The van der Waals surface area contributed by atoms with E-state index in [1.807, 2.05) is 4.68 Å². The average molecular weight is 663 g/mol. The third-order valence-corrected chi connectivity index (χ3v) is 9.73. The molecule has 0 radical (unpaired) electrons. The Morgan fingerprint density at radius 1 is 0.660 bits per heavy atom. The monoisotopic (exact) mass is 663 g/mol. The lowest BCUT2D eigenvalue weighted by atomic mass is 9.94. The highest BCUT2D eigenvalue weighted by Gasteiger charge is 2.19. The molecule has 2 unspecified atom stereocenters. The van der Waals surface area contributed by atoms with Gasteiger partial charge in [-0.2, -0.15) is 5.10 Å². The van der Waals surface area contributed by atoms with Crippen LogP contribution >= 0.6 is 0 Å². The fourth-order valence-electron chi connectivity index (χ4n) is 6.59. The number of esters is 1. The van der Waals surface area contributed by atoms with Crippen molar-refractivity contribution in [2.75, 3.05) is 26.2 Å². The highest BCUT2D eigenvalue weighted by molar-refractivity contribution is 5.72. The Morgan fingerprint density at radius 3 is 1.70 bits per heavy atom. The maximum Gasteiger partial charge on any atom is 0.308 e. The van der Waals surface area contributed by atoms with Crippen LogP contribution < -0.4 is 0 Å². The van der Waals surface area contributed by atoms with Crippen molar-refractivity contribution in [3.8, 4) is 0 Å². The molecule has 0 spiro atoms. The van der Waals surface area contributed by atoms with Crippen LogP contribution in [0.2, 0.25) is 0 Å². The SMILES string of the molecule is CCCCCCCCCCCCC(O)CN(CCCCCCOC(=O)C(CCCCCC)CCCCCCCC)CCn1cncn1. The van der Waals surface area contributed by atoms with Crippen molar-refractivity contribution < 1.29 is 14.6 Å². The van der Waals surface area contributed by atoms with Gasteiger partial charge < -0.3 is 9.84 Å². The van der Waals surface area contributed by atoms with E-state index in [0.717, 1.165) is 90.4 Å². The van der Waals surface area contributed by atoms with E-state index in [1.54, 1.807) is 12.7 Å². The molecule has 0 aliphatic rings. The first-order valence-electron chi connectivity index (χ1n) is 20.5. The van der Waals surface area contributed by atoms with Gasteiger partial charge in [0.2, 0.25) is 0 Å². The van der Waals surface area contributed by atoms with Crippen LogP contribution in [-0.4, -0.2) is 63.1 Å². The summed E-state index contributed by atoms with van der Waals surface area (Å²) < 4.78 is 7.68. The maximum absolute atomic E-state index is 12.9. The number of aliphatic hydroxyl groups excluding tert-OH is 1. The van der Waals surface area contributed by atoms with Gasteiger partial charge in [0, 0.05) is 13.1 Å². The topological polar surface area (TPSA) is 80.5 Å². The minimum atomic E-state index is -0.273. The molecule has 1 aromatic rings. The minimum absolute atomic E-state index is 0.0470. The van der Waals surface area contributed by atoms with Crippen molar-refractivity contribution in [2.24, 2.45) is 5.92 Å². The normalized spacial score (nSPS) is 13.0. The van der Waals surface area contributed by atoms with Gasteiger partial charge in [0.1, 0.15) is 12.7 Å². The van der Waals surface area contributed by atoms with Crippen molar-refractivity contribution in [2.45, 2.75) is 207 Å². The Kier molecular flexibility index (Phi) is 30.6. The summed E-state index contributed by atoms with van der Waals surface area (Å²) in [4.78, 5) is 19.4. The molecule has 1 aromatic heterocycles. The third kappa shape index (κ3) is 27.1. The first-order chi connectivity index (χ1) is 23.1. The molecular weight excluding hydrogens is 584 g/mol. The summed E-state index contributed by atoms with van der Waals surface area (Å²) in [6, 6.07) is 0. The van der Waals surface area contributed by atoms with Crippen LogP contribution in [0.4, 0.5) is 0 Å². The van der Waals surface area contributed by atoms with E-state index in [2.05, 4.69) is 35.8 Å². The first kappa shape index (κ1) is 43.6. The second kappa shape index (κ2) is 33.0. The molecule has 0 amide bonds. The molecule has 0 saturated carbocycles. The Balaban J connectivity index is 2.29. The zero-order valence-corrected chi connectivity index (χ0v) is 31.5. The molecule has 2 atom stereocenters. The molecule has 0 aliphatic carbocycles. The smallest absolute Gasteiger partial charge is 0.308 e. The first-order valence-corrected chi connectivity index (χ1v) is 20.5. The Labute approximate surface area is 291 Å².